The van der Waals surface area contributed by atoms with E-state index in [2.05, 4.69) is 38.3 Å². The van der Waals surface area contributed by atoms with Gasteiger partial charge in [0.2, 0.25) is 5.91 Å². The molecule has 1 amide bonds. The summed E-state index contributed by atoms with van der Waals surface area (Å²) < 4.78 is 4.97. The van der Waals surface area contributed by atoms with Gasteiger partial charge < -0.3 is 25.6 Å². The lowest BCUT2D eigenvalue weighted by Gasteiger charge is -2.46. The summed E-state index contributed by atoms with van der Waals surface area (Å²) in [7, 11) is 1.56. The first-order valence-electron chi connectivity index (χ1n) is 7.85. The molecule has 0 bridgehead atoms. The molecule has 0 aromatic heterocycles. The number of methoxy groups -OCH3 is 1. The molecule has 1 unspecified atom stereocenters. The fourth-order valence-corrected chi connectivity index (χ4v) is 3.57. The molecule has 1 heterocycles. The van der Waals surface area contributed by atoms with Crippen LogP contribution in [0.4, 0.5) is 0 Å². The van der Waals surface area contributed by atoms with Gasteiger partial charge in [0.05, 0.1) is 19.3 Å². The fraction of sp³-hybridized carbons (Fsp3) is 0.875. The minimum Gasteiger partial charge on any atom is -0.483 e. The third kappa shape index (κ3) is 9.53. The van der Waals surface area contributed by atoms with Gasteiger partial charge in [-0.05, 0) is 46.5 Å². The molecule has 1 saturated heterocycles. The Bertz CT molecular complexity index is 355. The number of amides is 1. The normalized spacial score (nSPS) is 20.8. The summed E-state index contributed by atoms with van der Waals surface area (Å²) in [6.45, 7) is 8.72. The number of piperidine rings is 1. The Morgan fingerprint density at radius 2 is 1.83 bits per heavy atom. The van der Waals surface area contributed by atoms with E-state index in [0.29, 0.717) is 18.9 Å². The molecule has 0 radical (unpaired) electrons. The van der Waals surface area contributed by atoms with Gasteiger partial charge in [-0.2, -0.15) is 0 Å². The largest absolute Gasteiger partial charge is 0.483 e. The topological polar surface area (TPSA) is 108 Å². The van der Waals surface area contributed by atoms with Crippen LogP contribution < -0.4 is 10.6 Å². The van der Waals surface area contributed by atoms with Gasteiger partial charge in [-0.1, -0.05) is 0 Å². The highest BCUT2D eigenvalue weighted by atomic mass is 16.5. The molecule has 136 valence electrons. The zero-order valence-corrected chi connectivity index (χ0v) is 14.9. The predicted octanol–water partition coefficient (Wildman–Crippen LogP) is 0.758. The van der Waals surface area contributed by atoms with Crippen LogP contribution >= 0.6 is 0 Å². The second-order valence-corrected chi connectivity index (χ2v) is 7.38. The molecule has 0 saturated carbocycles. The molecule has 7 heteroatoms. The predicted molar refractivity (Wildman–Crippen MR) is 88.2 cm³/mol. The average Bonchev–Trinajstić information content (AvgIpc) is 2.35. The van der Waals surface area contributed by atoms with Crippen LogP contribution in [0.3, 0.4) is 0 Å². The highest BCUT2D eigenvalue weighted by molar-refractivity contribution is 5.76. The Morgan fingerprint density at radius 1 is 1.35 bits per heavy atom. The van der Waals surface area contributed by atoms with E-state index in [4.69, 9.17) is 14.6 Å². The summed E-state index contributed by atoms with van der Waals surface area (Å²) in [6, 6.07) is -0.310. The van der Waals surface area contributed by atoms with E-state index in [1.165, 1.54) is 0 Å². The first-order valence-corrected chi connectivity index (χ1v) is 7.85. The molecule has 4 N–H and O–H groups in total. The first-order chi connectivity index (χ1) is 10.6. The van der Waals surface area contributed by atoms with E-state index in [0.717, 1.165) is 12.8 Å². The van der Waals surface area contributed by atoms with Gasteiger partial charge in [-0.25, -0.2) is 0 Å². The van der Waals surface area contributed by atoms with Gasteiger partial charge in [-0.15, -0.1) is 0 Å². The molecule has 1 aliphatic rings. The second kappa shape index (κ2) is 9.85. The molecule has 7 nitrogen and oxygen atoms in total. The Kier molecular flexibility index (Phi) is 9.34. The van der Waals surface area contributed by atoms with Crippen molar-refractivity contribution in [3.63, 3.8) is 0 Å². The third-order valence-corrected chi connectivity index (χ3v) is 3.70. The van der Waals surface area contributed by atoms with E-state index >= 15 is 0 Å². The summed E-state index contributed by atoms with van der Waals surface area (Å²) in [4.78, 5) is 20.4. The SMILES string of the molecule is COCC(CO)NC(=O)CC1CC(C)(C)NC(C)(C)C1.O=CO. The quantitative estimate of drug-likeness (QED) is 0.535. The van der Waals surface area contributed by atoms with Gasteiger partial charge in [0.1, 0.15) is 0 Å². The zero-order valence-electron chi connectivity index (χ0n) is 14.9. The minimum absolute atomic E-state index is 0.000370. The van der Waals surface area contributed by atoms with Crippen LogP contribution in [-0.2, 0) is 14.3 Å². The summed E-state index contributed by atoms with van der Waals surface area (Å²) in [5.41, 5.74) is 0.102. The van der Waals surface area contributed by atoms with Gasteiger partial charge >= 0.3 is 0 Å². The summed E-state index contributed by atoms with van der Waals surface area (Å²) in [5.74, 6) is 0.364. The Morgan fingerprint density at radius 3 is 2.22 bits per heavy atom. The number of nitrogens with one attached hydrogen (secondary N) is 2. The number of carbonyl (C=O) groups is 2. The highest BCUT2D eigenvalue weighted by Crippen LogP contribution is 2.34. The number of rotatable bonds is 6. The van der Waals surface area contributed by atoms with Crippen molar-refractivity contribution in [3.8, 4) is 0 Å². The first kappa shape index (κ1) is 21.8. The summed E-state index contributed by atoms with van der Waals surface area (Å²) >= 11 is 0. The van der Waals surface area contributed by atoms with Crippen LogP contribution in [0.15, 0.2) is 0 Å². The van der Waals surface area contributed by atoms with Crippen molar-refractivity contribution in [2.45, 2.75) is 64.1 Å². The number of hydrogen-bond donors (Lipinski definition) is 4. The van der Waals surface area contributed by atoms with E-state index in [1.54, 1.807) is 7.11 Å². The maximum absolute atomic E-state index is 12.1. The molecule has 1 atom stereocenters. The van der Waals surface area contributed by atoms with Crippen LogP contribution in [-0.4, -0.2) is 60.0 Å². The van der Waals surface area contributed by atoms with Crippen LogP contribution in [0.25, 0.3) is 0 Å². The Balaban J connectivity index is 0.00000149. The van der Waals surface area contributed by atoms with Gasteiger partial charge in [0.25, 0.3) is 6.47 Å². The van der Waals surface area contributed by atoms with E-state index in [1.807, 2.05) is 0 Å². The molecule has 1 fully saturated rings. The van der Waals surface area contributed by atoms with Crippen LogP contribution in [0, 0.1) is 5.92 Å². The molecule has 0 spiro atoms. The molecular formula is C16H32N2O5. The van der Waals surface area contributed by atoms with Crippen molar-refractivity contribution in [2.24, 2.45) is 5.92 Å². The molecule has 1 rings (SSSR count). The number of aliphatic hydroxyl groups excluding tert-OH is 1. The lowest BCUT2D eigenvalue weighted by atomic mass is 9.74. The molecule has 0 aromatic rings. The van der Waals surface area contributed by atoms with Gasteiger partial charge in [0, 0.05) is 24.6 Å². The van der Waals surface area contributed by atoms with Crippen molar-refractivity contribution in [1.82, 2.24) is 10.6 Å². The van der Waals surface area contributed by atoms with E-state index < -0.39 is 0 Å². The van der Waals surface area contributed by atoms with Crippen molar-refractivity contribution >= 4 is 12.4 Å². The van der Waals surface area contributed by atoms with Gasteiger partial charge in [0.15, 0.2) is 0 Å². The number of hydrogen-bond acceptors (Lipinski definition) is 5. The second-order valence-electron chi connectivity index (χ2n) is 7.38. The molecule has 1 aliphatic heterocycles. The van der Waals surface area contributed by atoms with Crippen LogP contribution in [0.1, 0.15) is 47.0 Å². The molecule has 23 heavy (non-hydrogen) atoms. The maximum Gasteiger partial charge on any atom is 0.290 e. The van der Waals surface area contributed by atoms with Crippen LogP contribution in [0.5, 0.6) is 0 Å². The summed E-state index contributed by atoms with van der Waals surface area (Å²) in [6.07, 6.45) is 2.48. The molecule has 0 aromatic carbocycles. The average molecular weight is 332 g/mol. The Hall–Kier alpha value is -1.18. The van der Waals surface area contributed by atoms with Crippen LogP contribution in [0.2, 0.25) is 0 Å². The fourth-order valence-electron chi connectivity index (χ4n) is 3.57. The van der Waals surface area contributed by atoms with Crippen molar-refractivity contribution in [3.05, 3.63) is 0 Å². The minimum atomic E-state index is -0.310. The van der Waals surface area contributed by atoms with E-state index in [-0.39, 0.29) is 36.1 Å². The van der Waals surface area contributed by atoms with E-state index in [9.17, 15) is 9.90 Å². The van der Waals surface area contributed by atoms with Gasteiger partial charge in [-0.3, -0.25) is 9.59 Å². The van der Waals surface area contributed by atoms with Crippen molar-refractivity contribution in [2.75, 3.05) is 20.3 Å². The van der Waals surface area contributed by atoms with Crippen molar-refractivity contribution < 1.29 is 24.5 Å². The smallest absolute Gasteiger partial charge is 0.290 e. The number of carboxylic acid groups (broad SMARTS) is 1. The molecular weight excluding hydrogens is 300 g/mol. The lowest BCUT2D eigenvalue weighted by Crippen LogP contribution is -2.58. The third-order valence-electron chi connectivity index (χ3n) is 3.70. The zero-order chi connectivity index (χ0) is 18.1. The number of carbonyl (C=O) groups excluding carboxylic acids is 1. The standard InChI is InChI=1S/C15H30N2O3.CH2O2/c1-14(2)7-11(8-15(3,4)17-14)6-13(19)16-12(9-18)10-20-5;2-1-3/h11-12,17-18H,6-10H2,1-5H3,(H,16,19);1H,(H,2,3). The lowest BCUT2D eigenvalue weighted by molar-refractivity contribution is -0.124. The Labute approximate surface area is 138 Å². The number of aliphatic hydroxyl groups is 1. The van der Waals surface area contributed by atoms with Crippen molar-refractivity contribution in [1.29, 1.82) is 0 Å². The highest BCUT2D eigenvalue weighted by Gasteiger charge is 2.38. The molecule has 0 aliphatic carbocycles. The summed E-state index contributed by atoms with van der Waals surface area (Å²) in [5, 5.41) is 22.5. The monoisotopic (exact) mass is 332 g/mol. The number of ether oxygens (including phenoxy) is 1. The maximum atomic E-state index is 12.1.